The fourth-order valence-electron chi connectivity index (χ4n) is 3.81. The Labute approximate surface area is 162 Å². The number of aromatic nitrogens is 4. The zero-order valence-corrected chi connectivity index (χ0v) is 15.2. The number of carbonyl (C=O) groups is 1. The van der Waals surface area contributed by atoms with Crippen LogP contribution < -0.4 is 16.1 Å². The Morgan fingerprint density at radius 1 is 1.31 bits per heavy atom. The average Bonchev–Trinajstić information content (AvgIpc) is 3.24. The van der Waals surface area contributed by atoms with Crippen molar-refractivity contribution >= 4 is 28.8 Å². The number of aromatic carboxylic acids is 1. The third-order valence-electron chi connectivity index (χ3n) is 5.40. The van der Waals surface area contributed by atoms with E-state index in [0.717, 1.165) is 18.9 Å². The molecule has 1 aliphatic carbocycles. The summed E-state index contributed by atoms with van der Waals surface area (Å²) in [5.41, 5.74) is 4.68. The summed E-state index contributed by atoms with van der Waals surface area (Å²) < 4.78 is 21.7. The van der Waals surface area contributed by atoms with E-state index in [-0.39, 0.29) is 34.7 Å². The van der Waals surface area contributed by atoms with Crippen molar-refractivity contribution < 1.29 is 18.8 Å². The quantitative estimate of drug-likeness (QED) is 0.667. The van der Waals surface area contributed by atoms with E-state index < -0.39 is 17.2 Å². The van der Waals surface area contributed by atoms with Crippen molar-refractivity contribution in [3.05, 3.63) is 39.8 Å². The van der Waals surface area contributed by atoms with Crippen molar-refractivity contribution in [1.29, 1.82) is 0 Å². The average molecular weight is 400 g/mol. The predicted octanol–water partition coefficient (Wildman–Crippen LogP) is 1.53. The van der Waals surface area contributed by atoms with Gasteiger partial charge in [-0.15, -0.1) is 0 Å². The second kappa shape index (κ2) is 6.26. The van der Waals surface area contributed by atoms with Gasteiger partial charge in [-0.05, 0) is 30.5 Å². The molecule has 3 N–H and O–H groups in total. The molecule has 5 rings (SSSR count). The van der Waals surface area contributed by atoms with E-state index >= 15 is 0 Å². The molecule has 4 heterocycles. The molecule has 11 heteroatoms. The van der Waals surface area contributed by atoms with Gasteiger partial charge in [0.1, 0.15) is 11.2 Å². The lowest BCUT2D eigenvalue weighted by Gasteiger charge is -2.19. The van der Waals surface area contributed by atoms with Crippen molar-refractivity contribution in [1.82, 2.24) is 19.7 Å². The van der Waals surface area contributed by atoms with Crippen molar-refractivity contribution in [3.63, 3.8) is 0 Å². The molecule has 1 aliphatic heterocycles. The summed E-state index contributed by atoms with van der Waals surface area (Å²) in [6.45, 7) is 0.932. The summed E-state index contributed by atoms with van der Waals surface area (Å²) in [7, 11) is 0. The van der Waals surface area contributed by atoms with Crippen molar-refractivity contribution in [2.45, 2.75) is 31.2 Å². The van der Waals surface area contributed by atoms with E-state index in [9.17, 15) is 19.1 Å². The van der Waals surface area contributed by atoms with E-state index in [1.165, 1.54) is 6.20 Å². The lowest BCUT2D eigenvalue weighted by Crippen LogP contribution is -2.24. The Morgan fingerprint density at radius 2 is 2.10 bits per heavy atom. The highest BCUT2D eigenvalue weighted by atomic mass is 19.1. The zero-order chi connectivity index (χ0) is 20.3. The first-order valence-electron chi connectivity index (χ1n) is 9.25. The summed E-state index contributed by atoms with van der Waals surface area (Å²) >= 11 is 0. The van der Waals surface area contributed by atoms with Crippen molar-refractivity contribution in [3.8, 4) is 0 Å². The maximum atomic E-state index is 14.9. The molecule has 150 valence electrons. The number of halogens is 1. The maximum absolute atomic E-state index is 14.9. The van der Waals surface area contributed by atoms with Gasteiger partial charge in [0.2, 0.25) is 11.3 Å². The third kappa shape index (κ3) is 2.89. The normalized spacial score (nSPS) is 19.2. The standard InChI is InChI=1S/C18H17FN6O4/c19-12-5-10-13(26)11(17(27)28)7-25(9-1-2-9)14(10)21-15(12)24-4-3-8(6-24)16-22-18(20)23-29-16/h5,7-9H,1-4,6H2,(H2,20,23)(H,27,28). The minimum Gasteiger partial charge on any atom is -0.477 e. The topological polar surface area (TPSA) is 140 Å². The number of nitrogens with zero attached hydrogens (tertiary/aromatic N) is 5. The number of nitrogens with two attached hydrogens (primary N) is 1. The first-order chi connectivity index (χ1) is 13.9. The van der Waals surface area contributed by atoms with Gasteiger partial charge in [-0.3, -0.25) is 4.79 Å². The zero-order valence-electron chi connectivity index (χ0n) is 15.2. The lowest BCUT2D eigenvalue weighted by atomic mass is 10.1. The molecule has 0 spiro atoms. The van der Waals surface area contributed by atoms with Gasteiger partial charge in [-0.1, -0.05) is 0 Å². The molecule has 29 heavy (non-hydrogen) atoms. The van der Waals surface area contributed by atoms with Crippen LogP contribution in [0.15, 0.2) is 21.6 Å². The Balaban J connectivity index is 1.58. The Hall–Kier alpha value is -3.50. The van der Waals surface area contributed by atoms with Gasteiger partial charge in [-0.25, -0.2) is 14.2 Å². The van der Waals surface area contributed by atoms with Crippen LogP contribution in [0.5, 0.6) is 0 Å². The largest absolute Gasteiger partial charge is 0.477 e. The van der Waals surface area contributed by atoms with Crippen LogP contribution in [-0.4, -0.2) is 43.9 Å². The van der Waals surface area contributed by atoms with E-state index in [0.29, 0.717) is 31.0 Å². The van der Waals surface area contributed by atoms with Crippen LogP contribution in [0.25, 0.3) is 11.0 Å². The van der Waals surface area contributed by atoms with Crippen LogP contribution in [0.1, 0.15) is 47.5 Å². The third-order valence-corrected chi connectivity index (χ3v) is 5.40. The molecular weight excluding hydrogens is 383 g/mol. The summed E-state index contributed by atoms with van der Waals surface area (Å²) in [5.74, 6) is -1.55. The molecule has 3 aromatic heterocycles. The van der Waals surface area contributed by atoms with Gasteiger partial charge in [0, 0.05) is 25.3 Å². The highest BCUT2D eigenvalue weighted by Crippen LogP contribution is 2.38. The molecule has 2 aliphatic rings. The molecule has 3 aromatic rings. The Kier molecular flexibility index (Phi) is 3.80. The first kappa shape index (κ1) is 17.6. The van der Waals surface area contributed by atoms with Gasteiger partial charge in [-0.2, -0.15) is 4.98 Å². The van der Waals surface area contributed by atoms with Crippen LogP contribution in [0.4, 0.5) is 16.2 Å². The Morgan fingerprint density at radius 3 is 2.76 bits per heavy atom. The SMILES string of the molecule is Nc1noc(C2CCN(c3nc4c(cc3F)c(=O)c(C(=O)O)cn4C3CC3)C2)n1. The van der Waals surface area contributed by atoms with Crippen LogP contribution in [-0.2, 0) is 0 Å². The number of carboxylic acids is 1. The van der Waals surface area contributed by atoms with E-state index in [4.69, 9.17) is 10.3 Å². The van der Waals surface area contributed by atoms with E-state index in [1.807, 2.05) is 0 Å². The fraction of sp³-hybridized carbons (Fsp3) is 0.389. The predicted molar refractivity (Wildman–Crippen MR) is 99.5 cm³/mol. The van der Waals surface area contributed by atoms with Gasteiger partial charge < -0.3 is 24.8 Å². The second-order valence-corrected chi connectivity index (χ2v) is 7.40. The summed E-state index contributed by atoms with van der Waals surface area (Å²) in [4.78, 5) is 34.2. The van der Waals surface area contributed by atoms with Crippen LogP contribution in [0.3, 0.4) is 0 Å². The van der Waals surface area contributed by atoms with Crippen molar-refractivity contribution in [2.75, 3.05) is 23.7 Å². The molecular formula is C18H17FN6O4. The number of fused-ring (bicyclic) bond motifs is 1. The lowest BCUT2D eigenvalue weighted by molar-refractivity contribution is 0.0695. The minimum absolute atomic E-state index is 0.0292. The van der Waals surface area contributed by atoms with E-state index in [2.05, 4.69) is 15.1 Å². The Bertz CT molecular complexity index is 1200. The minimum atomic E-state index is -1.34. The smallest absolute Gasteiger partial charge is 0.341 e. The number of nitrogen functional groups attached to an aromatic ring is 1. The molecule has 0 aromatic carbocycles. The fourth-order valence-corrected chi connectivity index (χ4v) is 3.81. The molecule has 0 radical (unpaired) electrons. The van der Waals surface area contributed by atoms with Gasteiger partial charge in [0.05, 0.1) is 11.3 Å². The number of pyridine rings is 2. The summed E-state index contributed by atoms with van der Waals surface area (Å²) in [6.07, 6.45) is 3.69. The van der Waals surface area contributed by atoms with Crippen molar-refractivity contribution in [2.24, 2.45) is 0 Å². The monoisotopic (exact) mass is 400 g/mol. The van der Waals surface area contributed by atoms with Crippen LogP contribution in [0.2, 0.25) is 0 Å². The highest BCUT2D eigenvalue weighted by molar-refractivity contribution is 5.92. The molecule has 2 fully saturated rings. The van der Waals surface area contributed by atoms with Crippen LogP contribution >= 0.6 is 0 Å². The number of carboxylic acid groups (broad SMARTS) is 1. The molecule has 0 bridgehead atoms. The maximum Gasteiger partial charge on any atom is 0.341 e. The number of rotatable bonds is 4. The molecule has 1 saturated heterocycles. The van der Waals surface area contributed by atoms with Crippen LogP contribution in [0, 0.1) is 5.82 Å². The number of hydrogen-bond acceptors (Lipinski definition) is 8. The number of hydrogen-bond donors (Lipinski definition) is 2. The first-order valence-corrected chi connectivity index (χ1v) is 9.25. The molecule has 10 nitrogen and oxygen atoms in total. The molecule has 1 unspecified atom stereocenters. The van der Waals surface area contributed by atoms with Gasteiger partial charge in [0.25, 0.3) is 5.95 Å². The van der Waals surface area contributed by atoms with E-state index in [1.54, 1.807) is 9.47 Å². The highest BCUT2D eigenvalue weighted by Gasteiger charge is 2.32. The number of anilines is 2. The second-order valence-electron chi connectivity index (χ2n) is 7.40. The molecule has 1 atom stereocenters. The molecule has 1 saturated carbocycles. The van der Waals surface area contributed by atoms with Gasteiger partial charge >= 0.3 is 5.97 Å². The van der Waals surface area contributed by atoms with Gasteiger partial charge in [0.15, 0.2) is 11.6 Å². The summed E-state index contributed by atoms with van der Waals surface area (Å²) in [6, 6.07) is 1.15. The molecule has 0 amide bonds. The summed E-state index contributed by atoms with van der Waals surface area (Å²) in [5, 5.41) is 12.9.